The minimum atomic E-state index is -0.389. The number of rotatable bonds is 3. The number of nitrogens with one attached hydrogen (secondary N) is 1. The molecule has 0 radical (unpaired) electrons. The standard InChI is InChI=1S/C20H29NO3/c1-19-8-3-2-4-16(19)17(23)10-13-14(19)7-9-20(11-21-12-22)15(13)5-6-18(20)24/h12-16H,2-11H2,1H3,(H,21,22)/t13-,14+,15+,16?,19-,20-/m1/s1. The van der Waals surface area contributed by atoms with Crippen LogP contribution in [0, 0.1) is 34.5 Å². The van der Waals surface area contributed by atoms with Crippen LogP contribution in [0.15, 0.2) is 0 Å². The summed E-state index contributed by atoms with van der Waals surface area (Å²) in [6, 6.07) is 0. The molecule has 4 rings (SSSR count). The molecule has 0 aliphatic heterocycles. The van der Waals surface area contributed by atoms with Crippen LogP contribution < -0.4 is 5.32 Å². The molecular formula is C20H29NO3. The Bertz CT molecular complexity index is 573. The van der Waals surface area contributed by atoms with Gasteiger partial charge in [0.25, 0.3) is 0 Å². The van der Waals surface area contributed by atoms with Crippen molar-refractivity contribution in [2.45, 2.75) is 64.7 Å². The molecule has 4 saturated carbocycles. The van der Waals surface area contributed by atoms with Crippen molar-refractivity contribution in [3.05, 3.63) is 0 Å². The third-order valence-corrected chi connectivity index (χ3v) is 8.31. The Morgan fingerprint density at radius 1 is 1.12 bits per heavy atom. The molecule has 0 bridgehead atoms. The van der Waals surface area contributed by atoms with Crippen LogP contribution in [-0.4, -0.2) is 24.5 Å². The molecule has 4 nitrogen and oxygen atoms in total. The monoisotopic (exact) mass is 331 g/mol. The van der Waals surface area contributed by atoms with Crippen molar-refractivity contribution >= 4 is 18.0 Å². The second-order valence-electron chi connectivity index (χ2n) is 9.01. The first-order valence-electron chi connectivity index (χ1n) is 9.76. The van der Waals surface area contributed by atoms with E-state index in [1.807, 2.05) is 0 Å². The lowest BCUT2D eigenvalue weighted by Gasteiger charge is -2.59. The molecule has 4 aliphatic carbocycles. The highest BCUT2D eigenvalue weighted by molar-refractivity contribution is 5.89. The van der Waals surface area contributed by atoms with Crippen LogP contribution in [0.3, 0.4) is 0 Å². The first kappa shape index (κ1) is 16.3. The maximum atomic E-state index is 12.9. The number of hydrogen-bond acceptors (Lipinski definition) is 3. The number of hydrogen-bond donors (Lipinski definition) is 1. The predicted octanol–water partition coefficient (Wildman–Crippen LogP) is 2.89. The van der Waals surface area contributed by atoms with Gasteiger partial charge in [-0.05, 0) is 55.3 Å². The molecule has 6 atom stereocenters. The van der Waals surface area contributed by atoms with Crippen LogP contribution in [0.25, 0.3) is 0 Å². The fourth-order valence-electron chi connectivity index (χ4n) is 7.23. The van der Waals surface area contributed by atoms with E-state index in [4.69, 9.17) is 0 Å². The van der Waals surface area contributed by atoms with E-state index in [0.29, 0.717) is 55.1 Å². The largest absolute Gasteiger partial charge is 0.358 e. The molecule has 0 spiro atoms. The molecule has 0 aromatic heterocycles. The van der Waals surface area contributed by atoms with E-state index < -0.39 is 0 Å². The van der Waals surface area contributed by atoms with E-state index in [9.17, 15) is 14.4 Å². The van der Waals surface area contributed by atoms with Gasteiger partial charge in [0.05, 0.1) is 0 Å². The minimum absolute atomic E-state index is 0.147. The van der Waals surface area contributed by atoms with Gasteiger partial charge in [-0.25, -0.2) is 0 Å². The van der Waals surface area contributed by atoms with Crippen molar-refractivity contribution < 1.29 is 14.4 Å². The molecule has 1 N–H and O–H groups in total. The Morgan fingerprint density at radius 3 is 2.75 bits per heavy atom. The average molecular weight is 331 g/mol. The zero-order valence-electron chi connectivity index (χ0n) is 14.7. The van der Waals surface area contributed by atoms with Crippen molar-refractivity contribution in [3.8, 4) is 0 Å². The van der Waals surface area contributed by atoms with Crippen LogP contribution in [-0.2, 0) is 14.4 Å². The number of amides is 1. The summed E-state index contributed by atoms with van der Waals surface area (Å²) in [6.45, 7) is 2.83. The summed E-state index contributed by atoms with van der Waals surface area (Å²) in [4.78, 5) is 36.5. The van der Waals surface area contributed by atoms with Crippen molar-refractivity contribution in [1.29, 1.82) is 0 Å². The topological polar surface area (TPSA) is 63.2 Å². The lowest BCUT2D eigenvalue weighted by molar-refractivity contribution is -0.156. The zero-order valence-corrected chi connectivity index (χ0v) is 14.7. The number of carbonyl (C=O) groups is 3. The third kappa shape index (κ3) is 2.07. The normalized spacial score (nSPS) is 47.5. The Balaban J connectivity index is 1.68. The summed E-state index contributed by atoms with van der Waals surface area (Å²) < 4.78 is 0. The van der Waals surface area contributed by atoms with Gasteiger partial charge < -0.3 is 5.32 Å². The fraction of sp³-hybridized carbons (Fsp3) is 0.850. The van der Waals surface area contributed by atoms with Gasteiger partial charge in [0.2, 0.25) is 6.41 Å². The minimum Gasteiger partial charge on any atom is -0.358 e. The van der Waals surface area contributed by atoms with Gasteiger partial charge in [-0.15, -0.1) is 0 Å². The van der Waals surface area contributed by atoms with Crippen LogP contribution in [0.2, 0.25) is 0 Å². The lowest BCUT2D eigenvalue weighted by Crippen LogP contribution is -2.58. The van der Waals surface area contributed by atoms with E-state index in [0.717, 1.165) is 25.7 Å². The SMILES string of the molecule is C[C@]12CCCCC1C(=O)C[C@H]1[C@@H]3CCC(=O)[C@@]3(CNC=O)CC[C@@H]12. The van der Waals surface area contributed by atoms with Crippen LogP contribution >= 0.6 is 0 Å². The van der Waals surface area contributed by atoms with E-state index in [-0.39, 0.29) is 16.7 Å². The van der Waals surface area contributed by atoms with Gasteiger partial charge in [0.1, 0.15) is 11.6 Å². The number of ketones is 2. The molecule has 0 saturated heterocycles. The highest BCUT2D eigenvalue weighted by atomic mass is 16.1. The Labute approximate surface area is 144 Å². The maximum absolute atomic E-state index is 12.9. The zero-order chi connectivity index (χ0) is 16.9. The van der Waals surface area contributed by atoms with Crippen LogP contribution in [0.1, 0.15) is 64.7 Å². The van der Waals surface area contributed by atoms with Gasteiger partial charge in [-0.1, -0.05) is 19.8 Å². The molecule has 0 aromatic rings. The Morgan fingerprint density at radius 2 is 1.96 bits per heavy atom. The predicted molar refractivity (Wildman–Crippen MR) is 90.1 cm³/mol. The summed E-state index contributed by atoms with van der Waals surface area (Å²) >= 11 is 0. The van der Waals surface area contributed by atoms with Gasteiger partial charge in [-0.3, -0.25) is 14.4 Å². The summed E-state index contributed by atoms with van der Waals surface area (Å²) in [6.07, 6.45) is 9.55. The number of fused-ring (bicyclic) bond motifs is 5. The summed E-state index contributed by atoms with van der Waals surface area (Å²) in [7, 11) is 0. The molecule has 132 valence electrons. The van der Waals surface area contributed by atoms with E-state index in [2.05, 4.69) is 12.2 Å². The second kappa shape index (κ2) is 5.67. The third-order valence-electron chi connectivity index (χ3n) is 8.31. The van der Waals surface area contributed by atoms with Gasteiger partial charge in [-0.2, -0.15) is 0 Å². The molecule has 4 aliphatic rings. The molecule has 4 heteroatoms. The summed E-state index contributed by atoms with van der Waals surface area (Å²) in [5, 5.41) is 2.80. The summed E-state index contributed by atoms with van der Waals surface area (Å²) in [5.74, 6) is 2.26. The molecule has 4 fully saturated rings. The van der Waals surface area contributed by atoms with E-state index in [1.165, 1.54) is 19.3 Å². The van der Waals surface area contributed by atoms with Crippen molar-refractivity contribution in [3.63, 3.8) is 0 Å². The van der Waals surface area contributed by atoms with E-state index >= 15 is 0 Å². The Kier molecular flexibility index (Phi) is 3.85. The maximum Gasteiger partial charge on any atom is 0.207 e. The van der Waals surface area contributed by atoms with Crippen LogP contribution in [0.4, 0.5) is 0 Å². The number of carbonyl (C=O) groups excluding carboxylic acids is 3. The lowest BCUT2D eigenvalue weighted by atomic mass is 9.45. The van der Waals surface area contributed by atoms with Crippen LogP contribution in [0.5, 0.6) is 0 Å². The quantitative estimate of drug-likeness (QED) is 0.809. The molecular weight excluding hydrogens is 302 g/mol. The summed E-state index contributed by atoms with van der Waals surface area (Å²) in [5.41, 5.74) is -0.242. The van der Waals surface area contributed by atoms with Crippen molar-refractivity contribution in [2.75, 3.05) is 6.54 Å². The molecule has 24 heavy (non-hydrogen) atoms. The van der Waals surface area contributed by atoms with E-state index in [1.54, 1.807) is 0 Å². The second-order valence-corrected chi connectivity index (χ2v) is 9.01. The number of Topliss-reactive ketones (excluding diaryl/α,β-unsaturated/α-hetero) is 2. The highest BCUT2D eigenvalue weighted by Gasteiger charge is 2.62. The van der Waals surface area contributed by atoms with Crippen molar-refractivity contribution in [1.82, 2.24) is 5.32 Å². The van der Waals surface area contributed by atoms with Gasteiger partial charge in [0, 0.05) is 30.7 Å². The first-order chi connectivity index (χ1) is 11.5. The average Bonchev–Trinajstić information content (AvgIpc) is 2.90. The smallest absolute Gasteiger partial charge is 0.207 e. The molecule has 1 amide bonds. The molecule has 1 unspecified atom stereocenters. The fourth-order valence-corrected chi connectivity index (χ4v) is 7.23. The highest BCUT2D eigenvalue weighted by Crippen LogP contribution is 2.64. The van der Waals surface area contributed by atoms with Gasteiger partial charge >= 0.3 is 0 Å². The Hall–Kier alpha value is -1.19. The van der Waals surface area contributed by atoms with Crippen molar-refractivity contribution in [2.24, 2.45) is 34.5 Å². The molecule has 0 heterocycles. The van der Waals surface area contributed by atoms with Gasteiger partial charge in [0.15, 0.2) is 0 Å². The first-order valence-corrected chi connectivity index (χ1v) is 9.76. The molecule has 0 aromatic carbocycles.